The number of aromatic amines is 1. The molecular weight excluding hydrogens is 680 g/mol. The van der Waals surface area contributed by atoms with E-state index in [2.05, 4.69) is 25.9 Å². The lowest BCUT2D eigenvalue weighted by atomic mass is 9.88. The zero-order chi connectivity index (χ0) is 39.6. The third-order valence-corrected chi connectivity index (χ3v) is 10.6. The summed E-state index contributed by atoms with van der Waals surface area (Å²) in [5.74, 6) is -1.43. The van der Waals surface area contributed by atoms with Crippen molar-refractivity contribution < 1.29 is 33.8 Å². The first-order valence-corrected chi connectivity index (χ1v) is 18.7. The van der Waals surface area contributed by atoms with Crippen LogP contribution in [0, 0.1) is 17.8 Å². The zero-order valence-electron chi connectivity index (χ0n) is 33.4. The Kier molecular flexibility index (Phi) is 15.8. The van der Waals surface area contributed by atoms with E-state index in [-0.39, 0.29) is 42.0 Å². The van der Waals surface area contributed by atoms with Gasteiger partial charge in [-0.3, -0.25) is 19.3 Å². The van der Waals surface area contributed by atoms with Crippen molar-refractivity contribution in [3.63, 3.8) is 0 Å². The molecule has 1 fully saturated rings. The van der Waals surface area contributed by atoms with Gasteiger partial charge in [0, 0.05) is 39.8 Å². The molecule has 1 aliphatic heterocycles. The van der Waals surface area contributed by atoms with Gasteiger partial charge in [0.25, 0.3) is 0 Å². The summed E-state index contributed by atoms with van der Waals surface area (Å²) in [5.41, 5.74) is 0.168. The Morgan fingerprint density at radius 2 is 1.74 bits per heavy atom. The fraction of sp³-hybridized carbons (Fsp3) is 0.711. The number of tetrazole rings is 1. The third-order valence-electron chi connectivity index (χ3n) is 10.6. The van der Waals surface area contributed by atoms with E-state index >= 15 is 0 Å². The van der Waals surface area contributed by atoms with Gasteiger partial charge >= 0.3 is 6.09 Å². The number of hydrogen-bond acceptors (Lipinski definition) is 9. The fourth-order valence-electron chi connectivity index (χ4n) is 7.71. The van der Waals surface area contributed by atoms with Gasteiger partial charge in [-0.15, -0.1) is 10.2 Å². The van der Waals surface area contributed by atoms with Crippen LogP contribution < -0.4 is 5.32 Å². The average Bonchev–Trinajstić information content (AvgIpc) is 3.83. The Labute approximate surface area is 314 Å². The normalized spacial score (nSPS) is 18.8. The summed E-state index contributed by atoms with van der Waals surface area (Å²) in [4.78, 5) is 59.4. The number of carbonyl (C=O) groups excluding carboxylic acids is 3. The van der Waals surface area contributed by atoms with E-state index in [0.29, 0.717) is 31.6 Å². The Balaban J connectivity index is 1.82. The minimum absolute atomic E-state index is 0.0120. The second kappa shape index (κ2) is 19.3. The molecule has 0 radical (unpaired) electrons. The van der Waals surface area contributed by atoms with Crippen LogP contribution in [-0.2, 0) is 30.3 Å². The molecule has 15 nitrogen and oxygen atoms in total. The van der Waals surface area contributed by atoms with Crippen molar-refractivity contribution in [2.24, 2.45) is 17.8 Å². The molecule has 0 aliphatic carbocycles. The van der Waals surface area contributed by atoms with Crippen LogP contribution in [0.3, 0.4) is 0 Å². The Hall–Kier alpha value is -4.11. The maximum Gasteiger partial charge on any atom is 0.408 e. The fourth-order valence-corrected chi connectivity index (χ4v) is 7.71. The first kappa shape index (κ1) is 43.3. The lowest BCUT2D eigenvalue weighted by Crippen LogP contribution is -2.62. The van der Waals surface area contributed by atoms with Crippen molar-refractivity contribution in [2.75, 3.05) is 27.8 Å². The van der Waals surface area contributed by atoms with Crippen molar-refractivity contribution in [3.05, 3.63) is 41.7 Å². The molecule has 2 aromatic rings. The Bertz CT molecular complexity index is 1470. The van der Waals surface area contributed by atoms with Crippen LogP contribution in [0.1, 0.15) is 98.5 Å². The van der Waals surface area contributed by atoms with Gasteiger partial charge in [-0.25, -0.2) is 4.79 Å². The zero-order valence-corrected chi connectivity index (χ0v) is 33.4. The topological polar surface area (TPSA) is 183 Å². The quantitative estimate of drug-likeness (QED) is 0.199. The number of rotatable bonds is 18. The summed E-state index contributed by atoms with van der Waals surface area (Å²) in [5, 5.41) is 27.7. The molecular formula is C38H62N8O7. The first-order valence-electron chi connectivity index (χ1n) is 18.7. The van der Waals surface area contributed by atoms with Gasteiger partial charge in [0.1, 0.15) is 6.04 Å². The van der Waals surface area contributed by atoms with Gasteiger partial charge in [0.15, 0.2) is 5.82 Å². The summed E-state index contributed by atoms with van der Waals surface area (Å²) in [6.07, 6.45) is 0.0802. The molecule has 8 atom stereocenters. The van der Waals surface area contributed by atoms with Gasteiger partial charge in [0.2, 0.25) is 17.7 Å². The number of hydrogen-bond donors (Lipinski definition) is 3. The molecule has 296 valence electrons. The standard InChI is InChI=1S/C38H62N8O7/c1-12-24(4)32(44(9)36(49)31(23(2)3)46(37(50)51)38(6,7)8)29(52-10)22-30(47)45-20-16-19-28(45)33(53-11)25(5)35(48)39-27(34-40-42-43-41-34)21-26-17-14-13-15-18-26/h13-15,17-18,23-25,27-29,31-33H,12,16,19-22H2,1-11H3,(H,39,48)(H,50,51)(H,40,41,42,43)/t24-,25+,27-,28?,29+,31?,32-,33+/m0/s1. The average molecular weight is 743 g/mol. The lowest BCUT2D eigenvalue weighted by Gasteiger charge is -2.45. The highest BCUT2D eigenvalue weighted by Crippen LogP contribution is 2.31. The summed E-state index contributed by atoms with van der Waals surface area (Å²) >= 11 is 0. The molecule has 15 heteroatoms. The number of likely N-dealkylation sites (tertiary alicyclic amines) is 1. The molecule has 1 aromatic carbocycles. The van der Waals surface area contributed by atoms with E-state index in [4.69, 9.17) is 9.47 Å². The van der Waals surface area contributed by atoms with Crippen molar-refractivity contribution >= 4 is 23.8 Å². The molecule has 53 heavy (non-hydrogen) atoms. The van der Waals surface area contributed by atoms with E-state index in [0.717, 1.165) is 12.0 Å². The lowest BCUT2D eigenvalue weighted by molar-refractivity contribution is -0.149. The summed E-state index contributed by atoms with van der Waals surface area (Å²) in [6, 6.07) is 7.35. The molecule has 1 aromatic heterocycles. The van der Waals surface area contributed by atoms with E-state index in [9.17, 15) is 24.3 Å². The highest BCUT2D eigenvalue weighted by molar-refractivity contribution is 5.86. The number of methoxy groups -OCH3 is 2. The number of nitrogens with one attached hydrogen (secondary N) is 2. The number of ether oxygens (including phenoxy) is 2. The number of carboxylic acid groups (broad SMARTS) is 1. The highest BCUT2D eigenvalue weighted by atomic mass is 16.5. The maximum atomic E-state index is 14.3. The molecule has 0 saturated carbocycles. The van der Waals surface area contributed by atoms with Gasteiger partial charge in [-0.05, 0) is 51.0 Å². The van der Waals surface area contributed by atoms with Crippen LogP contribution >= 0.6 is 0 Å². The SMILES string of the molecule is CC[C@H](C)[C@@H]([C@@H](CC(=O)N1CCCC1[C@H](OC)[C@@H](C)C(=O)N[C@@H](Cc1ccccc1)c1nn[nH]n1)OC)N(C)C(=O)C(C(C)C)N(C(=O)O)C(C)(C)C. The summed E-state index contributed by atoms with van der Waals surface area (Å²) in [7, 11) is 4.76. The van der Waals surface area contributed by atoms with Crippen molar-refractivity contribution in [2.45, 2.75) is 129 Å². The first-order chi connectivity index (χ1) is 25.0. The second-order valence-electron chi connectivity index (χ2n) is 15.6. The number of benzene rings is 1. The smallest absolute Gasteiger partial charge is 0.408 e. The van der Waals surface area contributed by atoms with Crippen molar-refractivity contribution in [1.82, 2.24) is 40.6 Å². The molecule has 4 amide bonds. The molecule has 1 saturated heterocycles. The monoisotopic (exact) mass is 742 g/mol. The number of carbonyl (C=O) groups is 4. The van der Waals surface area contributed by atoms with Crippen LogP contribution in [0.5, 0.6) is 0 Å². The van der Waals surface area contributed by atoms with Gasteiger partial charge in [-0.1, -0.05) is 76.6 Å². The van der Waals surface area contributed by atoms with E-state index in [1.165, 1.54) is 12.0 Å². The molecule has 1 aliphatic rings. The second-order valence-corrected chi connectivity index (χ2v) is 15.6. The number of nitrogens with zero attached hydrogens (tertiary/aromatic N) is 6. The molecule has 3 N–H and O–H groups in total. The van der Waals surface area contributed by atoms with Crippen LogP contribution in [0.4, 0.5) is 4.79 Å². The third kappa shape index (κ3) is 10.7. The van der Waals surface area contributed by atoms with Gasteiger partial charge < -0.3 is 29.7 Å². The molecule has 2 unspecified atom stereocenters. The number of likely N-dealkylation sites (N-methyl/N-ethyl adjacent to an activating group) is 1. The molecule has 3 rings (SSSR count). The Morgan fingerprint density at radius 3 is 2.25 bits per heavy atom. The number of H-pyrrole nitrogens is 1. The van der Waals surface area contributed by atoms with Gasteiger partial charge in [-0.2, -0.15) is 5.21 Å². The summed E-state index contributed by atoms with van der Waals surface area (Å²) in [6.45, 7) is 15.3. The predicted octanol–water partition coefficient (Wildman–Crippen LogP) is 4.32. The van der Waals surface area contributed by atoms with Crippen LogP contribution in [0.15, 0.2) is 30.3 Å². The van der Waals surface area contributed by atoms with E-state index < -0.39 is 47.9 Å². The maximum absolute atomic E-state index is 14.3. The highest BCUT2D eigenvalue weighted by Gasteiger charge is 2.45. The summed E-state index contributed by atoms with van der Waals surface area (Å²) < 4.78 is 12.0. The van der Waals surface area contributed by atoms with Crippen LogP contribution in [-0.4, -0.2) is 128 Å². The minimum atomic E-state index is -1.17. The largest absolute Gasteiger partial charge is 0.465 e. The van der Waals surface area contributed by atoms with Gasteiger partial charge in [0.05, 0.1) is 42.7 Å². The van der Waals surface area contributed by atoms with Crippen molar-refractivity contribution in [1.29, 1.82) is 0 Å². The Morgan fingerprint density at radius 1 is 1.08 bits per heavy atom. The van der Waals surface area contributed by atoms with Crippen LogP contribution in [0.2, 0.25) is 0 Å². The predicted molar refractivity (Wildman–Crippen MR) is 200 cm³/mol. The molecule has 0 spiro atoms. The minimum Gasteiger partial charge on any atom is -0.465 e. The molecule has 2 heterocycles. The van der Waals surface area contributed by atoms with E-state index in [1.54, 1.807) is 51.7 Å². The number of aromatic nitrogens is 4. The molecule has 0 bridgehead atoms. The van der Waals surface area contributed by atoms with E-state index in [1.807, 2.05) is 58.0 Å². The van der Waals surface area contributed by atoms with Crippen molar-refractivity contribution in [3.8, 4) is 0 Å². The van der Waals surface area contributed by atoms with Crippen LogP contribution in [0.25, 0.3) is 0 Å². The number of amides is 4.